The van der Waals surface area contributed by atoms with Crippen LogP contribution < -0.4 is 4.72 Å². The highest BCUT2D eigenvalue weighted by molar-refractivity contribution is 7.90. The normalized spacial score (nSPS) is 26.1. The van der Waals surface area contributed by atoms with Crippen LogP contribution >= 0.6 is 0 Å². The van der Waals surface area contributed by atoms with Gasteiger partial charge >= 0.3 is 6.09 Å². The number of hydrogen-bond donors (Lipinski definition) is 1. The zero-order chi connectivity index (χ0) is 21.4. The molecule has 0 aromatic rings. The first-order chi connectivity index (χ1) is 13.4. The molecular formula is C21H39N3O4S. The molecule has 0 radical (unpaired) electrons. The Morgan fingerprint density at radius 1 is 1.17 bits per heavy atom. The monoisotopic (exact) mass is 429 g/mol. The number of nitrogens with zero attached hydrogens (tertiary/aromatic N) is 2. The van der Waals surface area contributed by atoms with Crippen LogP contribution in [0.2, 0.25) is 0 Å². The predicted octanol–water partition coefficient (Wildman–Crippen LogP) is 2.82. The van der Waals surface area contributed by atoms with E-state index >= 15 is 0 Å². The summed E-state index contributed by atoms with van der Waals surface area (Å²) in [6.45, 7) is 14.0. The molecule has 1 saturated carbocycles. The Hall–Kier alpha value is -0.860. The second-order valence-corrected chi connectivity index (χ2v) is 13.0. The van der Waals surface area contributed by atoms with Crippen LogP contribution in [0.1, 0.15) is 66.7 Å². The van der Waals surface area contributed by atoms with Gasteiger partial charge < -0.3 is 14.5 Å². The van der Waals surface area contributed by atoms with Gasteiger partial charge in [0, 0.05) is 38.8 Å². The first-order valence-electron chi connectivity index (χ1n) is 11.1. The highest BCUT2D eigenvalue weighted by Crippen LogP contribution is 2.44. The molecule has 0 aromatic carbocycles. The molecule has 1 atom stereocenters. The van der Waals surface area contributed by atoms with Crippen molar-refractivity contribution in [3.8, 4) is 0 Å². The Morgan fingerprint density at radius 2 is 1.79 bits per heavy atom. The van der Waals surface area contributed by atoms with E-state index in [0.29, 0.717) is 11.3 Å². The Kier molecular flexibility index (Phi) is 6.57. The van der Waals surface area contributed by atoms with E-state index in [-0.39, 0.29) is 17.4 Å². The van der Waals surface area contributed by atoms with Gasteiger partial charge in [-0.15, -0.1) is 0 Å². The van der Waals surface area contributed by atoms with Gasteiger partial charge in [-0.1, -0.05) is 0 Å². The first kappa shape index (κ1) is 22.8. The SMILES string of the molecule is CC(C)S(=O)(=O)NC1CCC2(CC1)CN(C[C@@H]1CCN(C(=O)OC(C)(C)C)C1)C2. The minimum absolute atomic E-state index is 0.0966. The van der Waals surface area contributed by atoms with Crippen molar-refractivity contribution >= 4 is 16.1 Å². The quantitative estimate of drug-likeness (QED) is 0.727. The number of rotatable bonds is 5. The molecule has 7 nitrogen and oxygen atoms in total. The molecule has 2 saturated heterocycles. The minimum atomic E-state index is -3.18. The second-order valence-electron chi connectivity index (χ2n) is 10.7. The summed E-state index contributed by atoms with van der Waals surface area (Å²) in [7, 11) is -3.18. The number of likely N-dealkylation sites (tertiary alicyclic amines) is 2. The van der Waals surface area contributed by atoms with Crippen LogP contribution in [0.15, 0.2) is 0 Å². The van der Waals surface area contributed by atoms with Gasteiger partial charge in [0.1, 0.15) is 5.60 Å². The number of sulfonamides is 1. The van der Waals surface area contributed by atoms with Gasteiger partial charge in [-0.05, 0) is 78.1 Å². The minimum Gasteiger partial charge on any atom is -0.444 e. The molecular weight excluding hydrogens is 390 g/mol. The highest BCUT2D eigenvalue weighted by atomic mass is 32.2. The molecule has 0 aromatic heterocycles. The number of carbonyl (C=O) groups excluding carboxylic acids is 1. The summed E-state index contributed by atoms with van der Waals surface area (Å²) in [5.41, 5.74) is -0.0650. The maximum atomic E-state index is 12.2. The third-order valence-corrected chi connectivity index (χ3v) is 8.47. The molecule has 3 fully saturated rings. The first-order valence-corrected chi connectivity index (χ1v) is 12.6. The summed E-state index contributed by atoms with van der Waals surface area (Å²) < 4.78 is 32.5. The van der Waals surface area contributed by atoms with E-state index in [9.17, 15) is 13.2 Å². The molecule has 1 spiro atoms. The fourth-order valence-corrected chi connectivity index (χ4v) is 5.88. The molecule has 2 aliphatic heterocycles. The lowest BCUT2D eigenvalue weighted by Crippen LogP contribution is -2.59. The lowest BCUT2D eigenvalue weighted by atomic mass is 9.67. The van der Waals surface area contributed by atoms with E-state index in [1.54, 1.807) is 13.8 Å². The molecule has 3 aliphatic rings. The number of nitrogens with one attached hydrogen (secondary N) is 1. The van der Waals surface area contributed by atoms with Crippen molar-refractivity contribution < 1.29 is 17.9 Å². The van der Waals surface area contributed by atoms with Crippen LogP contribution in [0.25, 0.3) is 0 Å². The molecule has 8 heteroatoms. The van der Waals surface area contributed by atoms with Crippen molar-refractivity contribution in [3.63, 3.8) is 0 Å². The van der Waals surface area contributed by atoms with E-state index in [4.69, 9.17) is 4.74 Å². The second kappa shape index (κ2) is 8.35. The maximum absolute atomic E-state index is 12.2. The Balaban J connectivity index is 1.38. The third kappa shape index (κ3) is 5.85. The maximum Gasteiger partial charge on any atom is 0.410 e. The number of amides is 1. The predicted molar refractivity (Wildman–Crippen MR) is 114 cm³/mol. The zero-order valence-electron chi connectivity index (χ0n) is 18.7. The molecule has 0 bridgehead atoms. The number of ether oxygens (including phenoxy) is 1. The largest absolute Gasteiger partial charge is 0.444 e. The summed E-state index contributed by atoms with van der Waals surface area (Å²) >= 11 is 0. The van der Waals surface area contributed by atoms with Crippen molar-refractivity contribution in [1.82, 2.24) is 14.5 Å². The number of carbonyl (C=O) groups is 1. The zero-order valence-corrected chi connectivity index (χ0v) is 19.6. The van der Waals surface area contributed by atoms with Crippen molar-refractivity contribution in [2.45, 2.75) is 83.6 Å². The van der Waals surface area contributed by atoms with Gasteiger partial charge in [-0.2, -0.15) is 0 Å². The summed E-state index contributed by atoms with van der Waals surface area (Å²) in [6.07, 6.45) is 4.93. The summed E-state index contributed by atoms with van der Waals surface area (Å²) in [4.78, 5) is 16.6. The van der Waals surface area contributed by atoms with Crippen LogP contribution in [0.3, 0.4) is 0 Å². The van der Waals surface area contributed by atoms with E-state index in [2.05, 4.69) is 9.62 Å². The lowest BCUT2D eigenvalue weighted by Gasteiger charge is -2.54. The summed E-state index contributed by atoms with van der Waals surface area (Å²) in [5, 5.41) is -0.371. The van der Waals surface area contributed by atoms with E-state index < -0.39 is 15.6 Å². The standard InChI is InChI=1S/C21H39N3O4S/c1-16(2)29(26,27)22-18-6-9-21(10-7-18)14-23(15-21)12-17-8-11-24(13-17)19(25)28-20(3,4)5/h16-18,22H,6-15H2,1-5H3/t17-/m0/s1. The van der Waals surface area contributed by atoms with E-state index in [1.165, 1.54) is 0 Å². The third-order valence-electron chi connectivity index (χ3n) is 6.57. The van der Waals surface area contributed by atoms with Crippen molar-refractivity contribution in [1.29, 1.82) is 0 Å². The molecule has 1 N–H and O–H groups in total. The van der Waals surface area contributed by atoms with Crippen molar-refractivity contribution in [3.05, 3.63) is 0 Å². The fraction of sp³-hybridized carbons (Fsp3) is 0.952. The van der Waals surface area contributed by atoms with Crippen LogP contribution in [-0.2, 0) is 14.8 Å². The van der Waals surface area contributed by atoms with E-state index in [1.807, 2.05) is 25.7 Å². The topological polar surface area (TPSA) is 79.0 Å². The lowest BCUT2D eigenvalue weighted by molar-refractivity contribution is -0.0395. The Labute approximate surface area is 176 Å². The van der Waals surface area contributed by atoms with Gasteiger partial charge in [0.2, 0.25) is 10.0 Å². The van der Waals surface area contributed by atoms with Crippen molar-refractivity contribution in [2.24, 2.45) is 11.3 Å². The van der Waals surface area contributed by atoms with Crippen LogP contribution in [-0.4, -0.2) is 73.9 Å². The van der Waals surface area contributed by atoms with Gasteiger partial charge in [-0.25, -0.2) is 17.9 Å². The van der Waals surface area contributed by atoms with Crippen LogP contribution in [0.4, 0.5) is 4.79 Å². The van der Waals surface area contributed by atoms with E-state index in [0.717, 1.165) is 64.8 Å². The highest BCUT2D eigenvalue weighted by Gasteiger charge is 2.46. The van der Waals surface area contributed by atoms with Gasteiger partial charge in [0.15, 0.2) is 0 Å². The van der Waals surface area contributed by atoms with Crippen molar-refractivity contribution in [2.75, 3.05) is 32.7 Å². The molecule has 0 unspecified atom stereocenters. The van der Waals surface area contributed by atoms with Crippen LogP contribution in [0.5, 0.6) is 0 Å². The molecule has 29 heavy (non-hydrogen) atoms. The molecule has 1 amide bonds. The number of hydrogen-bond acceptors (Lipinski definition) is 5. The molecule has 1 aliphatic carbocycles. The molecule has 168 valence electrons. The summed E-state index contributed by atoms with van der Waals surface area (Å²) in [6, 6.07) is 0.0966. The van der Waals surface area contributed by atoms with Crippen LogP contribution in [0, 0.1) is 11.3 Å². The average molecular weight is 430 g/mol. The molecule has 3 rings (SSSR count). The van der Waals surface area contributed by atoms with Gasteiger partial charge in [0.25, 0.3) is 0 Å². The fourth-order valence-electron chi connectivity index (χ4n) is 4.90. The Bertz CT molecular complexity index is 685. The van der Waals surface area contributed by atoms with Gasteiger partial charge in [0.05, 0.1) is 5.25 Å². The van der Waals surface area contributed by atoms with Gasteiger partial charge in [-0.3, -0.25) is 0 Å². The molecule has 2 heterocycles. The smallest absolute Gasteiger partial charge is 0.410 e. The summed E-state index contributed by atoms with van der Waals surface area (Å²) in [5.74, 6) is 0.522. The Morgan fingerprint density at radius 3 is 2.34 bits per heavy atom. The average Bonchev–Trinajstić information content (AvgIpc) is 3.02.